The number of carbonyl (C=O) groups excluding carboxylic acids is 1. The molecule has 3 aliphatic carbocycles. The van der Waals surface area contributed by atoms with Crippen LogP contribution >= 0.6 is 0 Å². The molecule has 5 rings (SSSR count). The third-order valence-corrected chi connectivity index (χ3v) is 10.9. The van der Waals surface area contributed by atoms with Gasteiger partial charge in [0, 0.05) is 12.5 Å². The van der Waals surface area contributed by atoms with E-state index in [1.807, 2.05) is 18.2 Å². The summed E-state index contributed by atoms with van der Waals surface area (Å²) in [5.41, 5.74) is -0.674. The fourth-order valence-electron chi connectivity index (χ4n) is 9.23. The number of aliphatic carboxylic acids is 1. The molecule has 0 bridgehead atoms. The molecule has 34 heavy (non-hydrogen) atoms. The smallest absolute Gasteiger partial charge is 0.314 e. The Bertz CT molecular complexity index is 986. The summed E-state index contributed by atoms with van der Waals surface area (Å²) in [6, 6.07) is 5.83. The molecule has 3 unspecified atom stereocenters. The van der Waals surface area contributed by atoms with E-state index in [0.717, 1.165) is 32.1 Å². The van der Waals surface area contributed by atoms with Crippen LogP contribution in [0.5, 0.6) is 11.5 Å². The summed E-state index contributed by atoms with van der Waals surface area (Å²) in [6.45, 7) is 6.94. The molecule has 1 heterocycles. The van der Waals surface area contributed by atoms with Crippen molar-refractivity contribution in [2.24, 2.45) is 34.5 Å². The number of rotatable bonds is 4. The molecule has 1 amide bonds. The first kappa shape index (κ1) is 23.5. The fourth-order valence-corrected chi connectivity index (χ4v) is 9.23. The minimum atomic E-state index is -1.06. The Hall–Kier alpha value is -2.24. The van der Waals surface area contributed by atoms with Crippen LogP contribution in [0.15, 0.2) is 18.2 Å². The van der Waals surface area contributed by atoms with E-state index in [4.69, 9.17) is 9.47 Å². The van der Waals surface area contributed by atoms with Crippen LogP contribution in [0.3, 0.4) is 0 Å². The van der Waals surface area contributed by atoms with Gasteiger partial charge in [-0.05, 0) is 85.2 Å². The molecule has 2 N–H and O–H groups in total. The van der Waals surface area contributed by atoms with Gasteiger partial charge in [-0.15, -0.1) is 0 Å². The van der Waals surface area contributed by atoms with Crippen LogP contribution in [0, 0.1) is 34.5 Å². The molecule has 3 saturated carbocycles. The minimum absolute atomic E-state index is 0.0863. The second kappa shape index (κ2) is 7.89. The van der Waals surface area contributed by atoms with Gasteiger partial charge in [0.15, 0.2) is 0 Å². The number of amides is 1. The van der Waals surface area contributed by atoms with E-state index in [9.17, 15) is 14.7 Å². The van der Waals surface area contributed by atoms with E-state index < -0.39 is 16.8 Å². The number of piperidine rings is 1. The highest BCUT2D eigenvalue weighted by Crippen LogP contribution is 2.71. The van der Waals surface area contributed by atoms with Crippen LogP contribution in [-0.4, -0.2) is 37.2 Å². The maximum atomic E-state index is 13.3. The molecular formula is C28H39NO5. The van der Waals surface area contributed by atoms with Crippen LogP contribution in [0.25, 0.3) is 0 Å². The van der Waals surface area contributed by atoms with E-state index in [1.165, 1.54) is 0 Å². The van der Waals surface area contributed by atoms with Gasteiger partial charge >= 0.3 is 5.97 Å². The molecule has 0 aromatic heterocycles. The van der Waals surface area contributed by atoms with Crippen LogP contribution in [0.2, 0.25) is 0 Å². The summed E-state index contributed by atoms with van der Waals surface area (Å²) < 4.78 is 11.5. The van der Waals surface area contributed by atoms with Gasteiger partial charge in [-0.1, -0.05) is 26.8 Å². The minimum Gasteiger partial charge on any atom is -0.496 e. The molecule has 4 aliphatic rings. The second-order valence-corrected chi connectivity index (χ2v) is 11.9. The normalized spacial score (nSPS) is 43.2. The van der Waals surface area contributed by atoms with E-state index in [1.54, 1.807) is 14.2 Å². The van der Waals surface area contributed by atoms with Crippen LogP contribution in [-0.2, 0) is 15.0 Å². The van der Waals surface area contributed by atoms with Crippen molar-refractivity contribution in [2.45, 2.75) is 77.2 Å². The lowest BCUT2D eigenvalue weighted by Gasteiger charge is -2.63. The highest BCUT2D eigenvalue weighted by atomic mass is 16.5. The number of hydrogen-bond acceptors (Lipinski definition) is 4. The van der Waals surface area contributed by atoms with Crippen molar-refractivity contribution in [1.82, 2.24) is 5.32 Å². The summed E-state index contributed by atoms with van der Waals surface area (Å²) in [7, 11) is 3.22. The zero-order valence-corrected chi connectivity index (χ0v) is 21.1. The van der Waals surface area contributed by atoms with Gasteiger partial charge in [0.1, 0.15) is 16.9 Å². The standard InChI is InChI=1S/C28H39NO5/c1-16-15-21-26(2,12-11-22(30)29-21)17-9-13-27(3)18(23(16)17)10-14-28(27,25(31)32)24-19(33-4)7-6-8-20(24)34-5/h6-8,16-18,21,23H,9-15H2,1-5H3,(H,29,30)(H,31,32)/t16?,17-,18+,21?,23-,26-,27+,28?/m1/s1. The van der Waals surface area contributed by atoms with Crippen molar-refractivity contribution < 1.29 is 24.2 Å². The highest BCUT2D eigenvalue weighted by molar-refractivity contribution is 5.86. The van der Waals surface area contributed by atoms with E-state index in [-0.39, 0.29) is 17.4 Å². The van der Waals surface area contributed by atoms with Crippen molar-refractivity contribution >= 4 is 11.9 Å². The summed E-state index contributed by atoms with van der Waals surface area (Å²) in [5, 5.41) is 14.2. The van der Waals surface area contributed by atoms with E-state index in [0.29, 0.717) is 53.6 Å². The molecule has 186 valence electrons. The van der Waals surface area contributed by atoms with Crippen LogP contribution in [0.1, 0.15) is 71.3 Å². The fraction of sp³-hybridized carbons (Fsp3) is 0.714. The largest absolute Gasteiger partial charge is 0.496 e. The Morgan fingerprint density at radius 3 is 2.32 bits per heavy atom. The lowest BCUT2D eigenvalue weighted by atomic mass is 9.43. The molecular weight excluding hydrogens is 430 g/mol. The molecule has 1 saturated heterocycles. The van der Waals surface area contributed by atoms with Crippen molar-refractivity contribution in [3.05, 3.63) is 23.8 Å². The monoisotopic (exact) mass is 469 g/mol. The average molecular weight is 470 g/mol. The Morgan fingerprint density at radius 1 is 1.06 bits per heavy atom. The lowest BCUT2D eigenvalue weighted by molar-refractivity contribution is -0.161. The Morgan fingerprint density at radius 2 is 1.71 bits per heavy atom. The number of fused-ring (bicyclic) bond motifs is 5. The summed E-state index contributed by atoms with van der Waals surface area (Å²) in [5.74, 6) is 2.33. The maximum absolute atomic E-state index is 13.3. The molecule has 8 atom stereocenters. The number of nitrogens with one attached hydrogen (secondary N) is 1. The second-order valence-electron chi connectivity index (χ2n) is 11.9. The third-order valence-electron chi connectivity index (χ3n) is 10.9. The zero-order valence-electron chi connectivity index (χ0n) is 21.1. The zero-order chi connectivity index (χ0) is 24.5. The van der Waals surface area contributed by atoms with Gasteiger partial charge in [0.05, 0.1) is 19.8 Å². The molecule has 6 heteroatoms. The first-order chi connectivity index (χ1) is 16.1. The number of carboxylic acid groups (broad SMARTS) is 1. The molecule has 1 aliphatic heterocycles. The predicted octanol–water partition coefficient (Wildman–Crippen LogP) is 4.79. The van der Waals surface area contributed by atoms with E-state index in [2.05, 4.69) is 26.1 Å². The Kier molecular flexibility index (Phi) is 5.45. The van der Waals surface area contributed by atoms with Gasteiger partial charge in [0.25, 0.3) is 0 Å². The number of carboxylic acids is 1. The molecule has 0 radical (unpaired) electrons. The number of carbonyl (C=O) groups is 2. The average Bonchev–Trinajstić information content (AvgIpc) is 3.13. The third kappa shape index (κ3) is 2.86. The maximum Gasteiger partial charge on any atom is 0.314 e. The molecule has 1 aromatic carbocycles. The first-order valence-corrected chi connectivity index (χ1v) is 12.9. The Balaban J connectivity index is 1.62. The molecule has 1 aromatic rings. The number of methoxy groups -OCH3 is 2. The van der Waals surface area contributed by atoms with Crippen molar-refractivity contribution in [2.75, 3.05) is 14.2 Å². The number of hydrogen-bond donors (Lipinski definition) is 2. The van der Waals surface area contributed by atoms with Gasteiger partial charge in [-0.3, -0.25) is 9.59 Å². The lowest BCUT2D eigenvalue weighted by Crippen LogP contribution is -2.64. The van der Waals surface area contributed by atoms with Gasteiger partial charge in [0.2, 0.25) is 5.91 Å². The van der Waals surface area contributed by atoms with Crippen LogP contribution in [0.4, 0.5) is 0 Å². The quantitative estimate of drug-likeness (QED) is 0.662. The SMILES string of the molecule is COc1cccc(OC)c1C1(C(=O)O)CC[C@H]2[C@@H]3C(C)CC4NC(=O)CC[C@]4(C)[C@@H]3CC[C@@]21C. The summed E-state index contributed by atoms with van der Waals surface area (Å²) >= 11 is 0. The highest BCUT2D eigenvalue weighted by Gasteiger charge is 2.70. The molecule has 0 spiro atoms. The summed E-state index contributed by atoms with van der Waals surface area (Å²) in [6.07, 6.45) is 5.85. The first-order valence-electron chi connectivity index (χ1n) is 12.9. The van der Waals surface area contributed by atoms with E-state index >= 15 is 0 Å². The van der Waals surface area contributed by atoms with Crippen molar-refractivity contribution in [3.8, 4) is 11.5 Å². The Labute approximate surface area is 202 Å². The predicted molar refractivity (Wildman–Crippen MR) is 129 cm³/mol. The van der Waals surface area contributed by atoms with Crippen molar-refractivity contribution in [1.29, 1.82) is 0 Å². The van der Waals surface area contributed by atoms with Crippen LogP contribution < -0.4 is 14.8 Å². The number of benzene rings is 1. The summed E-state index contributed by atoms with van der Waals surface area (Å²) in [4.78, 5) is 25.5. The topological polar surface area (TPSA) is 84.9 Å². The number of ether oxygens (including phenoxy) is 2. The van der Waals surface area contributed by atoms with Crippen molar-refractivity contribution in [3.63, 3.8) is 0 Å². The van der Waals surface area contributed by atoms with Gasteiger partial charge in [-0.25, -0.2) is 0 Å². The molecule has 4 fully saturated rings. The van der Waals surface area contributed by atoms with Gasteiger partial charge < -0.3 is 19.9 Å². The van der Waals surface area contributed by atoms with Gasteiger partial charge in [-0.2, -0.15) is 0 Å². The molecule has 6 nitrogen and oxygen atoms in total.